The van der Waals surface area contributed by atoms with Crippen molar-refractivity contribution in [2.24, 2.45) is 0 Å². The van der Waals surface area contributed by atoms with Crippen LogP contribution < -0.4 is 15.9 Å². The summed E-state index contributed by atoms with van der Waals surface area (Å²) >= 11 is 0. The topological polar surface area (TPSA) is 26.3 Å². The number of carbonyl (C=O) groups excluding carboxylic acids is 1. The Kier molecular flexibility index (Phi) is 8.17. The molecule has 156 valence electrons. The Morgan fingerprint density at radius 1 is 0.581 bits per heavy atom. The molecule has 0 heterocycles. The van der Waals surface area contributed by atoms with Crippen molar-refractivity contribution in [2.75, 3.05) is 6.16 Å². The number of benzene rings is 4. The Bertz CT molecular complexity index is 975. The zero-order chi connectivity index (χ0) is 20.7. The molecule has 4 rings (SSSR count). The summed E-state index contributed by atoms with van der Waals surface area (Å²) in [4.78, 5) is 13.2. The molecule has 2 nitrogen and oxygen atoms in total. The van der Waals surface area contributed by atoms with Crippen LogP contribution in [0.2, 0.25) is 0 Å². The SMILES string of the molecule is Br.O=C(C[P+](c1ccccc1)(c1ccccc1)c1ccccc1)OCc1ccccc1. The summed E-state index contributed by atoms with van der Waals surface area (Å²) in [5.41, 5.74) is 0.994. The average molecular weight is 492 g/mol. The number of halogens is 1. The van der Waals surface area contributed by atoms with Crippen molar-refractivity contribution < 1.29 is 9.53 Å². The molecule has 0 N–H and O–H groups in total. The number of carbonyl (C=O) groups is 1. The van der Waals surface area contributed by atoms with E-state index in [1.807, 2.05) is 84.9 Å². The Labute approximate surface area is 195 Å². The normalized spacial score (nSPS) is 10.7. The molecule has 0 aliphatic rings. The monoisotopic (exact) mass is 491 g/mol. The van der Waals surface area contributed by atoms with Gasteiger partial charge in [0.05, 0.1) is 0 Å². The fourth-order valence-corrected chi connectivity index (χ4v) is 7.71. The van der Waals surface area contributed by atoms with Gasteiger partial charge in [-0.25, -0.2) is 4.79 Å². The summed E-state index contributed by atoms with van der Waals surface area (Å²) < 4.78 is 5.74. The molecule has 0 aliphatic carbocycles. The molecule has 0 aromatic heterocycles. The molecule has 0 unspecified atom stereocenters. The van der Waals surface area contributed by atoms with E-state index in [1.165, 1.54) is 15.9 Å². The first-order valence-electron chi connectivity index (χ1n) is 10.0. The van der Waals surface area contributed by atoms with E-state index in [2.05, 4.69) is 36.4 Å². The molecule has 4 aromatic carbocycles. The van der Waals surface area contributed by atoms with Gasteiger partial charge in [0.25, 0.3) is 0 Å². The number of hydrogen-bond acceptors (Lipinski definition) is 2. The summed E-state index contributed by atoms with van der Waals surface area (Å²) in [6.07, 6.45) is 0.331. The zero-order valence-electron chi connectivity index (χ0n) is 17.1. The van der Waals surface area contributed by atoms with Crippen LogP contribution in [0.15, 0.2) is 121 Å². The molecule has 31 heavy (non-hydrogen) atoms. The molecule has 0 spiro atoms. The maximum absolute atomic E-state index is 13.2. The maximum Gasteiger partial charge on any atom is 0.345 e. The molecule has 0 fully saturated rings. The minimum atomic E-state index is -2.21. The van der Waals surface area contributed by atoms with Crippen LogP contribution in [0, 0.1) is 0 Å². The number of hydrogen-bond donors (Lipinski definition) is 0. The highest BCUT2D eigenvalue weighted by molar-refractivity contribution is 8.93. The molecule has 4 aromatic rings. The highest BCUT2D eigenvalue weighted by atomic mass is 79.9. The second-order valence-electron chi connectivity index (χ2n) is 7.12. The van der Waals surface area contributed by atoms with Crippen molar-refractivity contribution in [3.8, 4) is 0 Å². The third kappa shape index (κ3) is 5.31. The van der Waals surface area contributed by atoms with Gasteiger partial charge in [0.2, 0.25) is 0 Å². The van der Waals surface area contributed by atoms with E-state index in [1.54, 1.807) is 0 Å². The first kappa shape index (κ1) is 22.9. The zero-order valence-corrected chi connectivity index (χ0v) is 19.7. The van der Waals surface area contributed by atoms with Crippen LogP contribution in [0.1, 0.15) is 5.56 Å². The van der Waals surface area contributed by atoms with Gasteiger partial charge in [-0.1, -0.05) is 84.9 Å². The van der Waals surface area contributed by atoms with E-state index < -0.39 is 7.26 Å². The molecule has 0 amide bonds. The Morgan fingerprint density at radius 2 is 0.935 bits per heavy atom. The second kappa shape index (κ2) is 11.0. The summed E-state index contributed by atoms with van der Waals surface area (Å²) in [6.45, 7) is 0.290. The molecule has 4 heteroatoms. The highest BCUT2D eigenvalue weighted by Crippen LogP contribution is 2.55. The highest BCUT2D eigenvalue weighted by Gasteiger charge is 2.47. The summed E-state index contributed by atoms with van der Waals surface area (Å²) in [5, 5.41) is 3.54. The van der Waals surface area contributed by atoms with Gasteiger partial charge in [0, 0.05) is 0 Å². The summed E-state index contributed by atoms with van der Waals surface area (Å²) in [5.74, 6) is -0.177. The molecular formula is C27H25BrO2P+. The van der Waals surface area contributed by atoms with Gasteiger partial charge in [-0.3, -0.25) is 0 Å². The largest absolute Gasteiger partial charge is 0.458 e. The van der Waals surface area contributed by atoms with Crippen LogP contribution in [0.5, 0.6) is 0 Å². The van der Waals surface area contributed by atoms with Crippen molar-refractivity contribution in [1.29, 1.82) is 0 Å². The van der Waals surface area contributed by atoms with Crippen molar-refractivity contribution in [1.82, 2.24) is 0 Å². The fraction of sp³-hybridized carbons (Fsp3) is 0.0741. The standard InChI is InChI=1S/C27H24O2P.BrH/c28-27(29-21-23-13-5-1-6-14-23)22-30(24-15-7-2-8-16-24,25-17-9-3-10-18-25)26-19-11-4-12-20-26;/h1-20H,21-22H2;1H/q+1;. The van der Waals surface area contributed by atoms with Crippen LogP contribution in [0.3, 0.4) is 0 Å². The summed E-state index contributed by atoms with van der Waals surface area (Å²) in [6, 6.07) is 41.0. The smallest absolute Gasteiger partial charge is 0.345 e. The van der Waals surface area contributed by atoms with Gasteiger partial charge in [-0.05, 0) is 42.0 Å². The molecule has 0 atom stereocenters. The number of rotatable bonds is 7. The molecule has 0 aliphatic heterocycles. The van der Waals surface area contributed by atoms with Gasteiger partial charge in [-0.2, -0.15) is 0 Å². The Morgan fingerprint density at radius 3 is 1.32 bits per heavy atom. The average Bonchev–Trinajstić information content (AvgIpc) is 2.83. The molecular weight excluding hydrogens is 467 g/mol. The summed E-state index contributed by atoms with van der Waals surface area (Å²) in [7, 11) is -2.21. The fourth-order valence-electron chi connectivity index (χ4n) is 3.75. The van der Waals surface area contributed by atoms with E-state index in [9.17, 15) is 4.79 Å². The van der Waals surface area contributed by atoms with Gasteiger partial charge in [-0.15, -0.1) is 17.0 Å². The van der Waals surface area contributed by atoms with Crippen molar-refractivity contribution in [3.05, 3.63) is 127 Å². The lowest BCUT2D eigenvalue weighted by Gasteiger charge is -2.26. The van der Waals surface area contributed by atoms with E-state index >= 15 is 0 Å². The van der Waals surface area contributed by atoms with E-state index in [-0.39, 0.29) is 29.6 Å². The molecule has 0 bridgehead atoms. The molecule has 0 radical (unpaired) electrons. The van der Waals surface area contributed by atoms with Crippen molar-refractivity contribution in [3.63, 3.8) is 0 Å². The molecule has 0 saturated heterocycles. The predicted molar refractivity (Wildman–Crippen MR) is 137 cm³/mol. The number of ether oxygens (including phenoxy) is 1. The first-order chi connectivity index (χ1) is 14.8. The van der Waals surface area contributed by atoms with E-state index in [4.69, 9.17) is 4.74 Å². The molecule has 0 saturated carbocycles. The van der Waals surface area contributed by atoms with Crippen LogP contribution in [-0.4, -0.2) is 12.1 Å². The van der Waals surface area contributed by atoms with Crippen LogP contribution in [-0.2, 0) is 16.1 Å². The Balaban J connectivity index is 0.00000272. The minimum Gasteiger partial charge on any atom is -0.458 e. The predicted octanol–water partition coefficient (Wildman–Crippen LogP) is 5.30. The van der Waals surface area contributed by atoms with Crippen molar-refractivity contribution >= 4 is 46.1 Å². The van der Waals surface area contributed by atoms with Crippen molar-refractivity contribution in [2.45, 2.75) is 6.61 Å². The lowest BCUT2D eigenvalue weighted by molar-refractivity contribution is -0.141. The van der Waals surface area contributed by atoms with Gasteiger partial charge < -0.3 is 4.74 Å². The quantitative estimate of drug-likeness (QED) is 0.259. The van der Waals surface area contributed by atoms with Crippen LogP contribution in [0.4, 0.5) is 0 Å². The lowest BCUT2D eigenvalue weighted by Crippen LogP contribution is -2.36. The Hall–Kier alpha value is -2.74. The maximum atomic E-state index is 13.2. The van der Waals surface area contributed by atoms with Crippen LogP contribution >= 0.6 is 24.2 Å². The second-order valence-corrected chi connectivity index (χ2v) is 10.6. The number of esters is 1. The minimum absolute atomic E-state index is 0. The third-order valence-electron chi connectivity index (χ3n) is 5.20. The van der Waals surface area contributed by atoms with E-state index in [0.29, 0.717) is 6.16 Å². The third-order valence-corrected chi connectivity index (χ3v) is 9.47. The first-order valence-corrected chi connectivity index (χ1v) is 12.0. The lowest BCUT2D eigenvalue weighted by atomic mass is 10.2. The van der Waals surface area contributed by atoms with Gasteiger partial charge in [0.1, 0.15) is 29.8 Å². The van der Waals surface area contributed by atoms with Crippen LogP contribution in [0.25, 0.3) is 0 Å². The van der Waals surface area contributed by atoms with Gasteiger partial charge in [0.15, 0.2) is 6.16 Å². The van der Waals surface area contributed by atoms with E-state index in [0.717, 1.165) is 5.56 Å². The van der Waals surface area contributed by atoms with Gasteiger partial charge >= 0.3 is 5.97 Å².